The van der Waals surface area contributed by atoms with Gasteiger partial charge in [-0.2, -0.15) is 13.2 Å². The van der Waals surface area contributed by atoms with Crippen LogP contribution in [-0.4, -0.2) is 9.97 Å². The Morgan fingerprint density at radius 1 is 1.33 bits per heavy atom. The molecule has 0 aliphatic carbocycles. The fourth-order valence-corrected chi connectivity index (χ4v) is 2.81. The van der Waals surface area contributed by atoms with Crippen molar-refractivity contribution >= 4 is 11.3 Å². The molecule has 4 nitrogen and oxygen atoms in total. The molecule has 2 heterocycles. The van der Waals surface area contributed by atoms with Crippen molar-refractivity contribution in [2.24, 2.45) is 5.84 Å². The lowest BCUT2D eigenvalue weighted by Gasteiger charge is -2.15. The van der Waals surface area contributed by atoms with Crippen molar-refractivity contribution in [1.29, 1.82) is 0 Å². The Hall–Kier alpha value is -1.51. The summed E-state index contributed by atoms with van der Waals surface area (Å²) in [6.07, 6.45) is -3.09. The molecule has 114 valence electrons. The molecule has 2 aromatic rings. The summed E-state index contributed by atoms with van der Waals surface area (Å²) >= 11 is 1.55. The predicted octanol–water partition coefficient (Wildman–Crippen LogP) is 2.92. The average Bonchev–Trinajstić information content (AvgIpc) is 2.74. The van der Waals surface area contributed by atoms with Crippen LogP contribution in [0.2, 0.25) is 0 Å². The minimum absolute atomic E-state index is 0.378. The lowest BCUT2D eigenvalue weighted by molar-refractivity contribution is -0.137. The van der Waals surface area contributed by atoms with Crippen LogP contribution < -0.4 is 11.3 Å². The van der Waals surface area contributed by atoms with Crippen LogP contribution in [-0.2, 0) is 12.6 Å². The van der Waals surface area contributed by atoms with Crippen molar-refractivity contribution in [3.8, 4) is 0 Å². The standard InChI is InChI=1S/C13H15F3N4S/c1-7-8(2)21-12(19-7)5-11(20-17)10-4-3-9(6-18-10)13(14,15)16/h3-4,6,11,20H,5,17H2,1-2H3. The maximum Gasteiger partial charge on any atom is 0.417 e. The molecule has 2 rings (SSSR count). The fraction of sp³-hybridized carbons (Fsp3) is 0.385. The zero-order chi connectivity index (χ0) is 15.6. The summed E-state index contributed by atoms with van der Waals surface area (Å²) in [6, 6.07) is 1.96. The third-order valence-corrected chi connectivity index (χ3v) is 4.22. The van der Waals surface area contributed by atoms with E-state index >= 15 is 0 Å². The summed E-state index contributed by atoms with van der Waals surface area (Å²) in [4.78, 5) is 9.36. The molecule has 0 fully saturated rings. The maximum atomic E-state index is 12.5. The van der Waals surface area contributed by atoms with Gasteiger partial charge < -0.3 is 0 Å². The minimum Gasteiger partial charge on any atom is -0.271 e. The number of hydrazine groups is 1. The smallest absolute Gasteiger partial charge is 0.271 e. The molecule has 1 atom stereocenters. The van der Waals surface area contributed by atoms with Gasteiger partial charge in [0, 0.05) is 17.5 Å². The van der Waals surface area contributed by atoms with Gasteiger partial charge in [0.05, 0.1) is 28.0 Å². The first-order chi connectivity index (χ1) is 9.81. The van der Waals surface area contributed by atoms with E-state index in [9.17, 15) is 13.2 Å². The van der Waals surface area contributed by atoms with Crippen molar-refractivity contribution in [3.05, 3.63) is 45.2 Å². The molecule has 0 aliphatic heterocycles. The van der Waals surface area contributed by atoms with Crippen molar-refractivity contribution in [1.82, 2.24) is 15.4 Å². The number of hydrogen-bond donors (Lipinski definition) is 2. The number of rotatable bonds is 4. The van der Waals surface area contributed by atoms with E-state index < -0.39 is 11.7 Å². The lowest BCUT2D eigenvalue weighted by Crippen LogP contribution is -2.30. The molecular formula is C13H15F3N4S. The molecule has 2 aromatic heterocycles. The van der Waals surface area contributed by atoms with E-state index in [0.29, 0.717) is 12.1 Å². The molecule has 0 radical (unpaired) electrons. The van der Waals surface area contributed by atoms with Crippen LogP contribution in [0.1, 0.15) is 32.9 Å². The number of nitrogens with one attached hydrogen (secondary N) is 1. The molecule has 0 amide bonds. The third kappa shape index (κ3) is 3.78. The first-order valence-corrected chi connectivity index (χ1v) is 7.05. The molecule has 1 unspecified atom stereocenters. The van der Waals surface area contributed by atoms with Crippen LogP contribution >= 0.6 is 11.3 Å². The van der Waals surface area contributed by atoms with Gasteiger partial charge in [-0.3, -0.25) is 16.3 Å². The second-order valence-corrected chi connectivity index (χ2v) is 5.93. The molecule has 8 heteroatoms. The highest BCUT2D eigenvalue weighted by Gasteiger charge is 2.31. The molecule has 0 spiro atoms. The second-order valence-electron chi connectivity index (χ2n) is 4.64. The van der Waals surface area contributed by atoms with Gasteiger partial charge in [0.25, 0.3) is 0 Å². The normalized spacial score (nSPS) is 13.4. The Morgan fingerprint density at radius 2 is 2.05 bits per heavy atom. The quantitative estimate of drug-likeness (QED) is 0.672. The Balaban J connectivity index is 2.17. The predicted molar refractivity (Wildman–Crippen MR) is 74.6 cm³/mol. The van der Waals surface area contributed by atoms with Crippen LogP contribution in [0.15, 0.2) is 18.3 Å². The summed E-state index contributed by atoms with van der Waals surface area (Å²) in [6.45, 7) is 3.88. The molecule has 0 aromatic carbocycles. The number of aryl methyl sites for hydroxylation is 2. The molecule has 21 heavy (non-hydrogen) atoms. The van der Waals surface area contributed by atoms with Gasteiger partial charge in [-0.1, -0.05) is 0 Å². The van der Waals surface area contributed by atoms with Crippen LogP contribution in [0, 0.1) is 13.8 Å². The summed E-state index contributed by atoms with van der Waals surface area (Å²) in [5.41, 5.74) is 3.21. The fourth-order valence-electron chi connectivity index (χ4n) is 1.83. The van der Waals surface area contributed by atoms with Crippen molar-refractivity contribution < 1.29 is 13.2 Å². The number of halogens is 3. The van der Waals surface area contributed by atoms with Crippen LogP contribution in [0.25, 0.3) is 0 Å². The molecular weight excluding hydrogens is 301 g/mol. The first kappa shape index (κ1) is 15.9. The highest BCUT2D eigenvalue weighted by atomic mass is 32.1. The average molecular weight is 316 g/mol. The van der Waals surface area contributed by atoms with Gasteiger partial charge in [0.2, 0.25) is 0 Å². The summed E-state index contributed by atoms with van der Waals surface area (Å²) in [7, 11) is 0. The number of nitrogens with zero attached hydrogens (tertiary/aromatic N) is 2. The van der Waals surface area contributed by atoms with Gasteiger partial charge in [-0.05, 0) is 26.0 Å². The lowest BCUT2D eigenvalue weighted by atomic mass is 10.1. The Morgan fingerprint density at radius 3 is 2.48 bits per heavy atom. The highest BCUT2D eigenvalue weighted by Crippen LogP contribution is 2.29. The molecule has 0 bridgehead atoms. The number of alkyl halides is 3. The first-order valence-electron chi connectivity index (χ1n) is 6.23. The number of aromatic nitrogens is 2. The van der Waals surface area contributed by atoms with E-state index in [1.165, 1.54) is 6.07 Å². The molecule has 3 N–H and O–H groups in total. The third-order valence-electron chi connectivity index (χ3n) is 3.12. The number of nitrogens with two attached hydrogens (primary N) is 1. The number of thiazole rings is 1. The Bertz CT molecular complexity index is 587. The maximum absolute atomic E-state index is 12.5. The molecule has 0 aliphatic rings. The number of pyridine rings is 1. The summed E-state index contributed by atoms with van der Waals surface area (Å²) < 4.78 is 37.5. The van der Waals surface area contributed by atoms with Crippen LogP contribution in [0.3, 0.4) is 0 Å². The second kappa shape index (κ2) is 6.08. The van der Waals surface area contributed by atoms with E-state index in [-0.39, 0.29) is 6.04 Å². The van der Waals surface area contributed by atoms with E-state index in [2.05, 4.69) is 15.4 Å². The van der Waals surface area contributed by atoms with Gasteiger partial charge in [0.1, 0.15) is 0 Å². The van der Waals surface area contributed by atoms with Crippen molar-refractivity contribution in [2.75, 3.05) is 0 Å². The zero-order valence-corrected chi connectivity index (χ0v) is 12.3. The zero-order valence-electron chi connectivity index (χ0n) is 11.5. The van der Waals surface area contributed by atoms with Gasteiger partial charge in [0.15, 0.2) is 0 Å². The van der Waals surface area contributed by atoms with Crippen LogP contribution in [0.4, 0.5) is 13.2 Å². The van der Waals surface area contributed by atoms with E-state index in [1.807, 2.05) is 13.8 Å². The molecule has 0 saturated heterocycles. The van der Waals surface area contributed by atoms with E-state index in [0.717, 1.165) is 27.8 Å². The van der Waals surface area contributed by atoms with Crippen LogP contribution in [0.5, 0.6) is 0 Å². The molecule has 0 saturated carbocycles. The Kier molecular flexibility index (Phi) is 4.60. The highest BCUT2D eigenvalue weighted by molar-refractivity contribution is 7.11. The Labute approximate surface area is 124 Å². The van der Waals surface area contributed by atoms with E-state index in [4.69, 9.17) is 5.84 Å². The summed E-state index contributed by atoms with van der Waals surface area (Å²) in [5.74, 6) is 5.49. The van der Waals surface area contributed by atoms with Crippen molar-refractivity contribution in [2.45, 2.75) is 32.5 Å². The summed E-state index contributed by atoms with van der Waals surface area (Å²) in [5, 5.41) is 0.870. The monoisotopic (exact) mass is 316 g/mol. The van der Waals surface area contributed by atoms with Gasteiger partial charge in [-0.25, -0.2) is 4.98 Å². The number of hydrogen-bond acceptors (Lipinski definition) is 5. The minimum atomic E-state index is -4.39. The van der Waals surface area contributed by atoms with E-state index in [1.54, 1.807) is 11.3 Å². The van der Waals surface area contributed by atoms with Gasteiger partial charge in [-0.15, -0.1) is 11.3 Å². The SMILES string of the molecule is Cc1nc(CC(NN)c2ccc(C(F)(F)F)cn2)sc1C. The van der Waals surface area contributed by atoms with Crippen molar-refractivity contribution in [3.63, 3.8) is 0 Å². The topological polar surface area (TPSA) is 63.8 Å². The van der Waals surface area contributed by atoms with Gasteiger partial charge >= 0.3 is 6.18 Å². The largest absolute Gasteiger partial charge is 0.417 e.